The van der Waals surface area contributed by atoms with E-state index in [4.69, 9.17) is 15.1 Å². The topological polar surface area (TPSA) is 96.6 Å². The third-order valence-electron chi connectivity index (χ3n) is 9.63. The van der Waals surface area contributed by atoms with Crippen LogP contribution in [0.3, 0.4) is 0 Å². The standard InChI is InChI=1S/C30H53FN6O2Si/c1-7-22(31)20-37(24-14-16-36(17-15-24)19-21-8-9-21)29-33-18-26(27(32)38)28(35-29)34-23-10-12-25(13-11-23)39-40(5,6)30(2,3)4/h18,21-25H,7-17,19-20H2,1-6H3,(H2,32,38)(H,33,34,35). The molecule has 8 nitrogen and oxygen atoms in total. The van der Waals surface area contributed by atoms with Crippen molar-refractivity contribution in [1.29, 1.82) is 0 Å². The molecule has 0 radical (unpaired) electrons. The summed E-state index contributed by atoms with van der Waals surface area (Å²) in [7, 11) is -1.82. The first-order valence-corrected chi connectivity index (χ1v) is 18.5. The van der Waals surface area contributed by atoms with E-state index in [0.29, 0.717) is 18.2 Å². The van der Waals surface area contributed by atoms with E-state index in [1.165, 1.54) is 25.6 Å². The van der Waals surface area contributed by atoms with Crippen molar-refractivity contribution in [3.05, 3.63) is 11.8 Å². The summed E-state index contributed by atoms with van der Waals surface area (Å²) in [4.78, 5) is 26.3. The summed E-state index contributed by atoms with van der Waals surface area (Å²) in [5.74, 6) is 1.27. The lowest BCUT2D eigenvalue weighted by Gasteiger charge is -2.41. The highest BCUT2D eigenvalue weighted by Crippen LogP contribution is 2.39. The molecule has 3 N–H and O–H groups in total. The van der Waals surface area contributed by atoms with Crippen LogP contribution in [0.4, 0.5) is 16.2 Å². The molecule has 226 valence electrons. The number of anilines is 2. The maximum absolute atomic E-state index is 14.8. The fourth-order valence-electron chi connectivity index (χ4n) is 5.73. The molecule has 0 bridgehead atoms. The van der Waals surface area contributed by atoms with E-state index in [1.807, 2.05) is 11.8 Å². The Morgan fingerprint density at radius 2 is 1.82 bits per heavy atom. The number of hydrogen-bond acceptors (Lipinski definition) is 7. The van der Waals surface area contributed by atoms with E-state index in [-0.39, 0.29) is 35.3 Å². The molecule has 1 atom stereocenters. The SMILES string of the molecule is CCC(F)CN(c1ncc(C(N)=O)c(NC2CCC(O[Si](C)(C)C(C)(C)C)CC2)n1)C1CCN(CC2CC2)CC1. The van der Waals surface area contributed by atoms with Crippen molar-refractivity contribution in [3.63, 3.8) is 0 Å². The Hall–Kier alpha value is -1.78. The number of carbonyl (C=O) groups excluding carboxylic acids is 1. The molecule has 4 rings (SSSR count). The van der Waals surface area contributed by atoms with Gasteiger partial charge in [-0.05, 0) is 81.8 Å². The van der Waals surface area contributed by atoms with Gasteiger partial charge in [0.2, 0.25) is 5.95 Å². The van der Waals surface area contributed by atoms with Gasteiger partial charge in [0.25, 0.3) is 5.91 Å². The molecular formula is C30H53FN6O2Si. The molecule has 10 heteroatoms. The van der Waals surface area contributed by atoms with Crippen LogP contribution in [0.2, 0.25) is 18.1 Å². The molecule has 3 aliphatic rings. The lowest BCUT2D eigenvalue weighted by molar-refractivity contribution is 0.1000. The van der Waals surface area contributed by atoms with Crippen molar-refractivity contribution in [1.82, 2.24) is 14.9 Å². The second-order valence-corrected chi connectivity index (χ2v) is 18.7. The molecule has 1 amide bonds. The quantitative estimate of drug-likeness (QED) is 0.306. The molecule has 1 aromatic heterocycles. The van der Waals surface area contributed by atoms with Gasteiger partial charge >= 0.3 is 0 Å². The first-order chi connectivity index (χ1) is 18.9. The Kier molecular flexibility index (Phi) is 10.1. The van der Waals surface area contributed by atoms with E-state index in [0.717, 1.165) is 57.5 Å². The van der Waals surface area contributed by atoms with Crippen molar-refractivity contribution < 1.29 is 13.6 Å². The Morgan fingerprint density at radius 1 is 1.18 bits per heavy atom. The Morgan fingerprint density at radius 3 is 2.38 bits per heavy atom. The van der Waals surface area contributed by atoms with Crippen LogP contribution in [0, 0.1) is 5.92 Å². The zero-order chi connectivity index (χ0) is 29.1. The average molecular weight is 577 g/mol. The molecule has 3 fully saturated rings. The molecule has 1 unspecified atom stereocenters. The van der Waals surface area contributed by atoms with Gasteiger partial charge in [-0.2, -0.15) is 4.98 Å². The van der Waals surface area contributed by atoms with Gasteiger partial charge in [-0.15, -0.1) is 0 Å². The third-order valence-corrected chi connectivity index (χ3v) is 14.2. The van der Waals surface area contributed by atoms with Gasteiger partial charge in [-0.25, -0.2) is 9.37 Å². The van der Waals surface area contributed by atoms with Gasteiger partial charge in [0.15, 0.2) is 8.32 Å². The van der Waals surface area contributed by atoms with Crippen LogP contribution in [0.15, 0.2) is 6.20 Å². The number of nitrogens with zero attached hydrogens (tertiary/aromatic N) is 4. The van der Waals surface area contributed by atoms with Gasteiger partial charge < -0.3 is 25.3 Å². The summed E-state index contributed by atoms with van der Waals surface area (Å²) in [5, 5.41) is 3.71. The van der Waals surface area contributed by atoms with Crippen LogP contribution in [0.1, 0.15) is 95.8 Å². The molecule has 1 aliphatic heterocycles. The van der Waals surface area contributed by atoms with Crippen molar-refractivity contribution in [3.8, 4) is 0 Å². The summed E-state index contributed by atoms with van der Waals surface area (Å²) in [6, 6.07) is 0.347. The van der Waals surface area contributed by atoms with Crippen LogP contribution in [0.25, 0.3) is 0 Å². The number of alkyl halides is 1. The maximum Gasteiger partial charge on any atom is 0.254 e. The van der Waals surface area contributed by atoms with Crippen LogP contribution >= 0.6 is 0 Å². The smallest absolute Gasteiger partial charge is 0.254 e. The number of likely N-dealkylation sites (tertiary alicyclic amines) is 1. The number of rotatable bonds is 12. The molecule has 0 spiro atoms. The minimum Gasteiger partial charge on any atom is -0.414 e. The van der Waals surface area contributed by atoms with E-state index in [1.54, 1.807) is 0 Å². The molecule has 1 aromatic rings. The molecule has 2 saturated carbocycles. The van der Waals surface area contributed by atoms with E-state index < -0.39 is 20.4 Å². The minimum atomic E-state index is -1.82. The largest absolute Gasteiger partial charge is 0.414 e. The first-order valence-electron chi connectivity index (χ1n) is 15.6. The Balaban J connectivity index is 1.45. The van der Waals surface area contributed by atoms with Crippen molar-refractivity contribution in [2.24, 2.45) is 11.7 Å². The van der Waals surface area contributed by atoms with Crippen LogP contribution in [-0.2, 0) is 4.43 Å². The summed E-state index contributed by atoms with van der Waals surface area (Å²) in [6.45, 7) is 16.8. The summed E-state index contributed by atoms with van der Waals surface area (Å²) in [6.07, 6.45) is 9.72. The second kappa shape index (κ2) is 13.0. The fraction of sp³-hybridized carbons (Fsp3) is 0.833. The zero-order valence-electron chi connectivity index (χ0n) is 25.7. The van der Waals surface area contributed by atoms with Crippen molar-refractivity contribution >= 4 is 26.0 Å². The van der Waals surface area contributed by atoms with Gasteiger partial charge in [-0.3, -0.25) is 4.79 Å². The number of piperidine rings is 1. The highest BCUT2D eigenvalue weighted by atomic mass is 28.4. The normalized spacial score (nSPS) is 24.1. The number of nitrogens with two attached hydrogens (primary N) is 1. The molecule has 40 heavy (non-hydrogen) atoms. The molecule has 2 aliphatic carbocycles. The number of aromatic nitrogens is 2. The van der Waals surface area contributed by atoms with Gasteiger partial charge in [0.1, 0.15) is 12.0 Å². The number of carbonyl (C=O) groups is 1. The highest BCUT2D eigenvalue weighted by Gasteiger charge is 2.40. The van der Waals surface area contributed by atoms with Gasteiger partial charge in [0, 0.05) is 44.0 Å². The number of halogens is 1. The Labute approximate surface area is 242 Å². The molecule has 0 aromatic carbocycles. The van der Waals surface area contributed by atoms with E-state index in [9.17, 15) is 9.18 Å². The second-order valence-electron chi connectivity index (χ2n) is 13.9. The predicted molar refractivity (Wildman–Crippen MR) is 163 cm³/mol. The zero-order valence-corrected chi connectivity index (χ0v) is 26.7. The van der Waals surface area contributed by atoms with Gasteiger partial charge in [0.05, 0.1) is 12.1 Å². The molecule has 2 heterocycles. The summed E-state index contributed by atoms with van der Waals surface area (Å²) in [5.41, 5.74) is 6.02. The van der Waals surface area contributed by atoms with Crippen LogP contribution in [0.5, 0.6) is 0 Å². The van der Waals surface area contributed by atoms with Crippen molar-refractivity contribution in [2.45, 2.75) is 128 Å². The Bertz CT molecular complexity index is 985. The minimum absolute atomic E-state index is 0.170. The lowest BCUT2D eigenvalue weighted by atomic mass is 9.93. The third kappa shape index (κ3) is 8.15. The first kappa shape index (κ1) is 31.2. The predicted octanol–water partition coefficient (Wildman–Crippen LogP) is 5.75. The summed E-state index contributed by atoms with van der Waals surface area (Å²) < 4.78 is 21.4. The van der Waals surface area contributed by atoms with E-state index >= 15 is 0 Å². The molecular weight excluding hydrogens is 523 g/mol. The maximum atomic E-state index is 14.8. The average Bonchev–Trinajstić information content (AvgIpc) is 3.72. The fourth-order valence-corrected chi connectivity index (χ4v) is 7.15. The number of primary amides is 1. The number of hydrogen-bond donors (Lipinski definition) is 2. The van der Waals surface area contributed by atoms with Gasteiger partial charge in [-0.1, -0.05) is 27.7 Å². The van der Waals surface area contributed by atoms with Crippen LogP contribution < -0.4 is 16.0 Å². The highest BCUT2D eigenvalue weighted by molar-refractivity contribution is 6.74. The lowest BCUT2D eigenvalue weighted by Crippen LogP contribution is -2.48. The number of amides is 1. The monoisotopic (exact) mass is 576 g/mol. The van der Waals surface area contributed by atoms with E-state index in [2.05, 4.69) is 49.1 Å². The van der Waals surface area contributed by atoms with Crippen LogP contribution in [-0.4, -0.2) is 79.6 Å². The summed E-state index contributed by atoms with van der Waals surface area (Å²) >= 11 is 0. The van der Waals surface area contributed by atoms with Crippen molar-refractivity contribution in [2.75, 3.05) is 36.4 Å². The number of nitrogens with one attached hydrogen (secondary N) is 1. The molecule has 1 saturated heterocycles.